The van der Waals surface area contributed by atoms with Crippen LogP contribution >= 0.6 is 34.3 Å². The Kier molecular flexibility index (Phi) is 24.2. The molecule has 3 amide bonds. The average Bonchev–Trinajstić information content (AvgIpc) is 4.23. The summed E-state index contributed by atoms with van der Waals surface area (Å²) in [6.07, 6.45) is 11.9. The van der Waals surface area contributed by atoms with E-state index in [9.17, 15) is 24.3 Å². The van der Waals surface area contributed by atoms with E-state index in [4.69, 9.17) is 30.8 Å². The molecule has 5 heterocycles. The number of thiazole rings is 2. The number of ether oxygens (including phenoxy) is 3. The second-order valence-electron chi connectivity index (χ2n) is 22.2. The van der Waals surface area contributed by atoms with Crippen LogP contribution in [-0.2, 0) is 35.1 Å². The Bertz CT molecular complexity index is 2760. The number of hydrogen-bond acceptors (Lipinski definition) is 16. The Hall–Kier alpha value is -5.41. The first-order valence-corrected chi connectivity index (χ1v) is 30.5. The third-order valence-electron chi connectivity index (χ3n) is 14.9. The molecule has 2 aromatic carbocycles. The zero-order valence-electron chi connectivity index (χ0n) is 47.5. The maximum atomic E-state index is 14.1. The fourth-order valence-corrected chi connectivity index (χ4v) is 12.0. The molecular weight excluding hydrogens is 1070 g/mol. The molecule has 0 bridgehead atoms. The number of anilines is 4. The van der Waals surface area contributed by atoms with Crippen molar-refractivity contribution in [1.29, 1.82) is 0 Å². The maximum absolute atomic E-state index is 14.1. The Morgan fingerprint density at radius 2 is 1.54 bits per heavy atom. The number of likely N-dealkylation sites (tertiary alicyclic amines) is 1. The molecule has 434 valence electrons. The predicted molar refractivity (Wildman–Crippen MR) is 318 cm³/mol. The quantitative estimate of drug-likeness (QED) is 0.0304. The number of rotatable bonds is 31. The van der Waals surface area contributed by atoms with Crippen LogP contribution in [0.15, 0.2) is 60.2 Å². The number of nitrogens with one attached hydrogen (secondary N) is 3. The number of amides is 3. The number of ketones is 1. The highest BCUT2D eigenvalue weighted by Crippen LogP contribution is 2.35. The predicted octanol–water partition coefficient (Wildman–Crippen LogP) is 11.3. The van der Waals surface area contributed by atoms with E-state index >= 15 is 0 Å². The first-order chi connectivity index (χ1) is 38.5. The number of aliphatic hydroxyl groups is 1. The smallest absolute Gasteiger partial charge is 0.267 e. The number of aromatic nitrogens is 4. The molecule has 0 saturated carbocycles. The SMILES string of the molecule is Cc1nc(Nc2ncc(C(=O)Nc3c(C)cccc3Cl)s2)cc(N2CCC(CCCCCCOCCOCCOCCCCCC(=O)C[C@H](C(=O)N3C[C@H](O)C[C@H]3C(=O)NCc3ccc(-c4scnc4C)cc3)C(C)(C)C)CC2)n1. The summed E-state index contributed by atoms with van der Waals surface area (Å²) in [5.41, 5.74) is 5.77. The number of hydrogen-bond donors (Lipinski definition) is 4. The van der Waals surface area contributed by atoms with Crippen molar-refractivity contribution in [3.8, 4) is 10.4 Å². The molecule has 17 nitrogen and oxygen atoms in total. The molecule has 4 N–H and O–H groups in total. The van der Waals surface area contributed by atoms with E-state index in [1.807, 2.05) is 89.5 Å². The van der Waals surface area contributed by atoms with Gasteiger partial charge in [0, 0.05) is 70.6 Å². The molecule has 2 saturated heterocycles. The Morgan fingerprint density at radius 1 is 0.850 bits per heavy atom. The van der Waals surface area contributed by atoms with E-state index < -0.39 is 23.5 Å². The van der Waals surface area contributed by atoms with Gasteiger partial charge in [-0.05, 0) is 87.0 Å². The average molecular weight is 1160 g/mol. The summed E-state index contributed by atoms with van der Waals surface area (Å²) in [5.74, 6) is 1.50. The number of Topliss-reactive ketones (excluding diaryl/α,β-unsaturated/α-hetero) is 1. The van der Waals surface area contributed by atoms with Crippen molar-refractivity contribution in [1.82, 2.24) is 30.2 Å². The van der Waals surface area contributed by atoms with Gasteiger partial charge in [-0.2, -0.15) is 0 Å². The number of unbranched alkanes of at least 4 members (excludes halogenated alkanes) is 5. The zero-order valence-corrected chi connectivity index (χ0v) is 49.9. The second-order valence-corrected chi connectivity index (χ2v) is 24.5. The molecule has 80 heavy (non-hydrogen) atoms. The van der Waals surface area contributed by atoms with Gasteiger partial charge in [-0.3, -0.25) is 19.2 Å². The van der Waals surface area contributed by atoms with Gasteiger partial charge in [-0.25, -0.2) is 19.9 Å². The van der Waals surface area contributed by atoms with Crippen LogP contribution in [0.25, 0.3) is 10.4 Å². The van der Waals surface area contributed by atoms with Crippen molar-refractivity contribution >= 4 is 80.2 Å². The summed E-state index contributed by atoms with van der Waals surface area (Å²) >= 11 is 9.15. The van der Waals surface area contributed by atoms with Crippen LogP contribution < -0.4 is 20.9 Å². The van der Waals surface area contributed by atoms with Crippen molar-refractivity contribution in [3.63, 3.8) is 0 Å². The first kappa shape index (κ1) is 62.2. The van der Waals surface area contributed by atoms with Gasteiger partial charge < -0.3 is 45.1 Å². The molecule has 0 aliphatic carbocycles. The minimum Gasteiger partial charge on any atom is -0.391 e. The van der Waals surface area contributed by atoms with Crippen molar-refractivity contribution in [3.05, 3.63) is 92.8 Å². The van der Waals surface area contributed by atoms with E-state index in [0.717, 1.165) is 91.3 Å². The van der Waals surface area contributed by atoms with Crippen molar-refractivity contribution in [2.24, 2.45) is 17.3 Å². The highest BCUT2D eigenvalue weighted by atomic mass is 35.5. The van der Waals surface area contributed by atoms with Crippen LogP contribution in [0.4, 0.5) is 22.5 Å². The highest BCUT2D eigenvalue weighted by Gasteiger charge is 2.44. The molecule has 7 rings (SSSR count). The summed E-state index contributed by atoms with van der Waals surface area (Å²) in [6, 6.07) is 14.6. The minimum atomic E-state index is -0.810. The first-order valence-electron chi connectivity index (χ1n) is 28.4. The van der Waals surface area contributed by atoms with Gasteiger partial charge in [-0.1, -0.05) is 112 Å². The standard InChI is InChI=1S/C60H82ClN9O8S2/c1-40-15-14-18-49(61)54(40)68-57(74)51-37-63-59(80-51)67-52-35-53(66-42(3)65-52)69-25-23-43(24-26-69)16-10-7-8-12-27-76-29-31-78-32-30-77-28-13-9-11-17-46(71)33-48(60(4,5)6)58(75)70-38-47(72)34-50(70)56(73)62-36-44-19-21-45(22-20-44)55-41(2)64-39-79-55/h14-15,18-22,35,37,39,43,47-48,50,72H,7-13,16-17,23-34,36,38H2,1-6H3,(H,62,73)(H,68,74)(H,63,65,66,67)/t47-,48-,50+/m1/s1. The van der Waals surface area contributed by atoms with Gasteiger partial charge in [0.15, 0.2) is 5.13 Å². The van der Waals surface area contributed by atoms with Gasteiger partial charge in [-0.15, -0.1) is 11.3 Å². The van der Waals surface area contributed by atoms with Gasteiger partial charge in [0.05, 0.1) is 65.5 Å². The van der Waals surface area contributed by atoms with Crippen LogP contribution in [0.5, 0.6) is 0 Å². The number of carbonyl (C=O) groups is 4. The molecule has 2 aliphatic heterocycles. The number of piperidine rings is 1. The minimum absolute atomic E-state index is 0.0254. The number of benzene rings is 2. The van der Waals surface area contributed by atoms with Gasteiger partial charge in [0.1, 0.15) is 34.2 Å². The van der Waals surface area contributed by atoms with Crippen LogP contribution in [0.2, 0.25) is 5.02 Å². The lowest BCUT2D eigenvalue weighted by Gasteiger charge is -2.34. The summed E-state index contributed by atoms with van der Waals surface area (Å²) in [6.45, 7) is 17.3. The summed E-state index contributed by atoms with van der Waals surface area (Å²) in [7, 11) is 0. The number of carbonyl (C=O) groups excluding carboxylic acids is 4. The normalized spacial score (nSPS) is 16.2. The molecule has 5 aromatic rings. The lowest BCUT2D eigenvalue weighted by atomic mass is 9.76. The van der Waals surface area contributed by atoms with E-state index in [2.05, 4.69) is 35.8 Å². The van der Waals surface area contributed by atoms with Gasteiger partial charge in [0.25, 0.3) is 5.91 Å². The molecule has 0 unspecified atom stereocenters. The van der Waals surface area contributed by atoms with Gasteiger partial charge in [0.2, 0.25) is 11.8 Å². The third kappa shape index (κ3) is 19.1. The number of aryl methyl sites for hydroxylation is 3. The lowest BCUT2D eigenvalue weighted by molar-refractivity contribution is -0.146. The molecular formula is C60H82ClN9O8S2. The van der Waals surface area contributed by atoms with Crippen LogP contribution in [0, 0.1) is 38.0 Å². The van der Waals surface area contributed by atoms with Crippen LogP contribution in [-0.4, -0.2) is 125 Å². The zero-order chi connectivity index (χ0) is 57.0. The number of nitrogens with zero attached hydrogens (tertiary/aromatic N) is 6. The molecule has 20 heteroatoms. The molecule has 0 radical (unpaired) electrons. The fourth-order valence-electron chi connectivity index (χ4n) is 10.2. The van der Waals surface area contributed by atoms with E-state index in [0.29, 0.717) is 90.7 Å². The number of halogens is 1. The number of β-amino-alcohol motifs (C(OH)–C–C–N with tert-alkyl or cyclic N) is 1. The van der Waals surface area contributed by atoms with Crippen LogP contribution in [0.1, 0.15) is 137 Å². The number of aliphatic hydroxyl groups excluding tert-OH is 1. The molecule has 3 aromatic heterocycles. The molecule has 0 spiro atoms. The maximum Gasteiger partial charge on any atom is 0.267 e. The van der Waals surface area contributed by atoms with E-state index in [1.54, 1.807) is 23.6 Å². The Labute approximate surface area is 485 Å². The Balaban J connectivity index is 0.665. The van der Waals surface area contributed by atoms with Crippen LogP contribution in [0.3, 0.4) is 0 Å². The second kappa shape index (κ2) is 31.1. The summed E-state index contributed by atoms with van der Waals surface area (Å²) < 4.78 is 17.3. The van der Waals surface area contributed by atoms with Crippen molar-refractivity contribution in [2.45, 2.75) is 144 Å². The topological polar surface area (TPSA) is 210 Å². The third-order valence-corrected chi connectivity index (χ3v) is 17.1. The fraction of sp³-hybridized carbons (Fsp3) is 0.567. The monoisotopic (exact) mass is 1160 g/mol. The van der Waals surface area contributed by atoms with E-state index in [1.165, 1.54) is 35.5 Å². The van der Waals surface area contributed by atoms with E-state index in [-0.39, 0.29) is 42.9 Å². The molecule has 2 fully saturated rings. The lowest BCUT2D eigenvalue weighted by Crippen LogP contribution is -2.50. The molecule has 2 aliphatic rings. The van der Waals surface area contributed by atoms with Gasteiger partial charge >= 0.3 is 0 Å². The van der Waals surface area contributed by atoms with Crippen molar-refractivity contribution < 1.29 is 38.5 Å². The summed E-state index contributed by atoms with van der Waals surface area (Å²) in [4.78, 5) is 77.2. The number of para-hydroxylation sites is 1. The van der Waals surface area contributed by atoms with Crippen molar-refractivity contribution in [2.75, 3.05) is 74.8 Å². The summed E-state index contributed by atoms with van der Waals surface area (Å²) in [5, 5.41) is 20.8. The largest absolute Gasteiger partial charge is 0.391 e. The highest BCUT2D eigenvalue weighted by molar-refractivity contribution is 7.17. The Morgan fingerprint density at radius 3 is 2.21 bits per heavy atom. The molecule has 3 atom stereocenters.